The first-order valence-electron chi connectivity index (χ1n) is 5.35. The van der Waals surface area contributed by atoms with E-state index in [1.807, 2.05) is 13.1 Å². The topological polar surface area (TPSA) is 66.6 Å². The van der Waals surface area contributed by atoms with Crippen molar-refractivity contribution in [3.63, 3.8) is 0 Å². The second-order valence-electron chi connectivity index (χ2n) is 3.79. The van der Waals surface area contributed by atoms with Gasteiger partial charge in [0.25, 0.3) is 10.1 Å². The maximum atomic E-state index is 11.0. The van der Waals surface area contributed by atoms with Crippen molar-refractivity contribution in [1.82, 2.24) is 0 Å². The minimum absolute atomic E-state index is 0.103. The van der Waals surface area contributed by atoms with Crippen molar-refractivity contribution >= 4 is 16.3 Å². The molecular formula is C11H14NO4S+. The first kappa shape index (κ1) is 12.1. The van der Waals surface area contributed by atoms with Crippen LogP contribution in [0.4, 0.5) is 0 Å². The van der Waals surface area contributed by atoms with Gasteiger partial charge in [-0.3, -0.25) is 9.39 Å². The number of rotatable bonds is 3. The molecule has 0 fully saturated rings. The lowest BCUT2D eigenvalue weighted by Gasteiger charge is -2.07. The molecule has 1 aromatic carbocycles. The van der Waals surface area contributed by atoms with E-state index in [1.54, 1.807) is 16.9 Å². The van der Waals surface area contributed by atoms with E-state index >= 15 is 0 Å². The largest absolute Gasteiger partial charge is 0.294 e. The average molecular weight is 256 g/mol. The van der Waals surface area contributed by atoms with E-state index in [9.17, 15) is 8.42 Å². The number of benzene rings is 1. The molecule has 0 unspecified atom stereocenters. The number of hydrogen-bond donors (Lipinski definition) is 1. The van der Waals surface area contributed by atoms with Crippen LogP contribution in [0, 0.1) is 0 Å². The molecule has 1 aliphatic heterocycles. The second kappa shape index (κ2) is 4.46. The zero-order valence-corrected chi connectivity index (χ0v) is 10.2. The van der Waals surface area contributed by atoms with Gasteiger partial charge in [-0.2, -0.15) is 8.42 Å². The summed E-state index contributed by atoms with van der Waals surface area (Å²) >= 11 is 0. The van der Waals surface area contributed by atoms with Gasteiger partial charge in [0.05, 0.1) is 11.3 Å². The van der Waals surface area contributed by atoms with Gasteiger partial charge in [0.2, 0.25) is 6.10 Å². The fourth-order valence-corrected chi connectivity index (χ4v) is 2.27. The fraction of sp³-hybridized carbons (Fsp3) is 0.364. The Kier molecular flexibility index (Phi) is 3.17. The van der Waals surface area contributed by atoms with Crippen LogP contribution in [-0.2, 0) is 15.0 Å². The van der Waals surface area contributed by atoms with Crippen LogP contribution in [0.1, 0.15) is 25.0 Å². The van der Waals surface area contributed by atoms with Gasteiger partial charge in [0.1, 0.15) is 0 Å². The lowest BCUT2D eigenvalue weighted by Crippen LogP contribution is -2.08. The predicted molar refractivity (Wildman–Crippen MR) is 61.6 cm³/mol. The minimum atomic E-state index is -4.15. The van der Waals surface area contributed by atoms with E-state index in [0.29, 0.717) is 6.42 Å². The van der Waals surface area contributed by atoms with E-state index in [-0.39, 0.29) is 11.0 Å². The molecule has 17 heavy (non-hydrogen) atoms. The molecular weight excluding hydrogens is 242 g/mol. The maximum absolute atomic E-state index is 11.0. The molecule has 1 aromatic rings. The molecule has 0 spiro atoms. The molecule has 0 amide bonds. The highest BCUT2D eigenvalue weighted by Crippen LogP contribution is 2.25. The molecule has 0 saturated carbocycles. The van der Waals surface area contributed by atoms with Crippen molar-refractivity contribution in [2.45, 2.75) is 24.3 Å². The van der Waals surface area contributed by atoms with E-state index in [2.05, 4.69) is 0 Å². The molecule has 1 atom stereocenters. The van der Waals surface area contributed by atoms with Crippen LogP contribution in [0.25, 0.3) is 0 Å². The Balaban J connectivity index is 2.24. The summed E-state index contributed by atoms with van der Waals surface area (Å²) < 4.78 is 32.7. The van der Waals surface area contributed by atoms with Crippen molar-refractivity contribution in [2.75, 3.05) is 6.54 Å². The van der Waals surface area contributed by atoms with Crippen LogP contribution in [0.5, 0.6) is 0 Å². The molecule has 92 valence electrons. The van der Waals surface area contributed by atoms with Gasteiger partial charge >= 0.3 is 0 Å². The lowest BCUT2D eigenvalue weighted by atomic mass is 10.1. The van der Waals surface area contributed by atoms with Crippen LogP contribution in [0.3, 0.4) is 0 Å². The van der Waals surface area contributed by atoms with Gasteiger partial charge in [-0.1, -0.05) is 12.1 Å². The quantitative estimate of drug-likeness (QED) is 0.656. The Morgan fingerprint density at radius 1 is 1.53 bits per heavy atom. The van der Waals surface area contributed by atoms with Crippen LogP contribution in [0.15, 0.2) is 29.2 Å². The number of hydroxylamine groups is 1. The average Bonchev–Trinajstić information content (AvgIpc) is 2.76. The Morgan fingerprint density at radius 3 is 2.88 bits per heavy atom. The van der Waals surface area contributed by atoms with Gasteiger partial charge < -0.3 is 0 Å². The highest BCUT2D eigenvalue weighted by atomic mass is 32.2. The second-order valence-corrected chi connectivity index (χ2v) is 5.21. The van der Waals surface area contributed by atoms with E-state index in [0.717, 1.165) is 12.1 Å². The van der Waals surface area contributed by atoms with Crippen LogP contribution < -0.4 is 0 Å². The molecule has 0 aliphatic carbocycles. The first-order valence-corrected chi connectivity index (χ1v) is 6.79. The standard InChI is InChI=1S/C11H13NO4S/c1-2-12-7-6-11(16-12)9-4-3-5-10(8-9)17(13,14)15/h3-5,7-8,11H,2,6H2,1H3/p+1/t11-/m1/s1. The Morgan fingerprint density at radius 2 is 2.29 bits per heavy atom. The van der Waals surface area contributed by atoms with Gasteiger partial charge in [-0.05, 0) is 23.8 Å². The Hall–Kier alpha value is -1.40. The van der Waals surface area contributed by atoms with Crippen molar-refractivity contribution in [2.24, 2.45) is 0 Å². The van der Waals surface area contributed by atoms with Crippen molar-refractivity contribution in [1.29, 1.82) is 0 Å². The normalized spacial score (nSPS) is 19.9. The summed E-state index contributed by atoms with van der Waals surface area (Å²) in [5.41, 5.74) is 0.743. The van der Waals surface area contributed by atoms with E-state index in [4.69, 9.17) is 9.39 Å². The lowest BCUT2D eigenvalue weighted by molar-refractivity contribution is -0.783. The summed E-state index contributed by atoms with van der Waals surface area (Å²) in [7, 11) is -4.15. The third-order valence-corrected chi connectivity index (χ3v) is 3.47. The molecule has 0 bridgehead atoms. The zero-order valence-electron chi connectivity index (χ0n) is 9.41. The molecule has 2 rings (SSSR count). The summed E-state index contributed by atoms with van der Waals surface area (Å²) in [6, 6.07) is 6.17. The molecule has 1 aliphatic rings. The van der Waals surface area contributed by atoms with E-state index < -0.39 is 10.1 Å². The number of nitrogens with zero attached hydrogens (tertiary/aromatic N) is 1. The summed E-state index contributed by atoms with van der Waals surface area (Å²) in [5, 5.41) is 0. The van der Waals surface area contributed by atoms with Crippen LogP contribution >= 0.6 is 0 Å². The molecule has 0 radical (unpaired) electrons. The first-order chi connectivity index (χ1) is 8.00. The fourth-order valence-electron chi connectivity index (χ4n) is 1.74. The molecule has 0 saturated heterocycles. The van der Waals surface area contributed by atoms with Gasteiger partial charge in [-0.25, -0.2) is 0 Å². The zero-order chi connectivity index (χ0) is 12.5. The summed E-state index contributed by atoms with van der Waals surface area (Å²) in [6.07, 6.45) is 2.43. The van der Waals surface area contributed by atoms with Crippen molar-refractivity contribution < 1.29 is 22.5 Å². The minimum Gasteiger partial charge on any atom is -0.282 e. The Bertz CT molecular complexity index is 550. The highest BCUT2D eigenvalue weighted by Gasteiger charge is 2.26. The van der Waals surface area contributed by atoms with E-state index in [1.165, 1.54) is 12.1 Å². The Labute approximate surface area is 100 Å². The molecule has 6 heteroatoms. The SMILES string of the molecule is CC[N+]1=CC[C@H](c2cccc(S(=O)(=O)O)c2)O1. The maximum Gasteiger partial charge on any atom is 0.294 e. The summed E-state index contributed by atoms with van der Waals surface area (Å²) in [4.78, 5) is 5.46. The monoisotopic (exact) mass is 256 g/mol. The van der Waals surface area contributed by atoms with Crippen molar-refractivity contribution in [3.8, 4) is 0 Å². The highest BCUT2D eigenvalue weighted by molar-refractivity contribution is 7.85. The van der Waals surface area contributed by atoms with Crippen molar-refractivity contribution in [3.05, 3.63) is 29.8 Å². The smallest absolute Gasteiger partial charge is 0.282 e. The number of hydrogen-bond acceptors (Lipinski definition) is 3. The third kappa shape index (κ3) is 2.65. The predicted octanol–water partition coefficient (Wildman–Crippen LogP) is 1.41. The summed E-state index contributed by atoms with van der Waals surface area (Å²) in [6.45, 7) is 2.71. The third-order valence-electron chi connectivity index (χ3n) is 2.63. The van der Waals surface area contributed by atoms with Gasteiger partial charge in [0.15, 0.2) is 12.8 Å². The molecule has 1 N–H and O–H groups in total. The van der Waals surface area contributed by atoms with Crippen LogP contribution in [0.2, 0.25) is 0 Å². The molecule has 5 nitrogen and oxygen atoms in total. The molecule has 1 heterocycles. The van der Waals surface area contributed by atoms with Crippen LogP contribution in [-0.4, -0.2) is 30.5 Å². The van der Waals surface area contributed by atoms with Gasteiger partial charge in [-0.15, -0.1) is 0 Å². The summed E-state index contributed by atoms with van der Waals surface area (Å²) in [5.74, 6) is 0. The molecule has 0 aromatic heterocycles. The van der Waals surface area contributed by atoms with Gasteiger partial charge in [0, 0.05) is 5.56 Å².